The highest BCUT2D eigenvalue weighted by Gasteiger charge is 2.41. The minimum absolute atomic E-state index is 0.0505. The summed E-state index contributed by atoms with van der Waals surface area (Å²) in [5.74, 6) is -1.24. The Morgan fingerprint density at radius 2 is 1.07 bits per heavy atom. The lowest BCUT2D eigenvalue weighted by Crippen LogP contribution is -2.37. The number of carbonyl (C=O) groups excluding carboxylic acids is 1. The number of nitrogens with one attached hydrogen (secondary N) is 2. The van der Waals surface area contributed by atoms with Gasteiger partial charge in [-0.2, -0.15) is 4.72 Å². The van der Waals surface area contributed by atoms with Crippen molar-refractivity contribution in [2.24, 2.45) is 5.92 Å². The number of halogens is 2. The van der Waals surface area contributed by atoms with Crippen LogP contribution in [0.5, 0.6) is 0 Å². The summed E-state index contributed by atoms with van der Waals surface area (Å²) in [5.41, 5.74) is 3.06. The molecule has 0 saturated carbocycles. The van der Waals surface area contributed by atoms with E-state index in [2.05, 4.69) is 9.44 Å². The van der Waals surface area contributed by atoms with Crippen molar-refractivity contribution in [2.75, 3.05) is 0 Å². The third-order valence-electron chi connectivity index (χ3n) is 7.58. The summed E-state index contributed by atoms with van der Waals surface area (Å²) in [7, 11) is -8.10. The van der Waals surface area contributed by atoms with E-state index in [0.717, 1.165) is 11.1 Å². The van der Waals surface area contributed by atoms with E-state index in [1.807, 2.05) is 13.8 Å². The van der Waals surface area contributed by atoms with Crippen molar-refractivity contribution < 1.29 is 21.6 Å². The molecule has 0 amide bonds. The zero-order valence-corrected chi connectivity index (χ0v) is 27.0. The Hall–Kier alpha value is -3.31. The van der Waals surface area contributed by atoms with Crippen molar-refractivity contribution in [3.05, 3.63) is 141 Å². The number of benzene rings is 4. The van der Waals surface area contributed by atoms with E-state index in [1.165, 1.54) is 24.3 Å². The summed E-state index contributed by atoms with van der Waals surface area (Å²) >= 11 is 12.2. The van der Waals surface area contributed by atoms with Crippen LogP contribution in [0.3, 0.4) is 0 Å². The summed E-state index contributed by atoms with van der Waals surface area (Å²) in [6.07, 6.45) is 1.85. The van der Waals surface area contributed by atoms with Crippen LogP contribution < -0.4 is 9.44 Å². The first-order valence-electron chi connectivity index (χ1n) is 13.8. The molecule has 1 aliphatic rings. The highest BCUT2D eigenvalue weighted by molar-refractivity contribution is 7.89. The van der Waals surface area contributed by atoms with Crippen LogP contribution in [0, 0.1) is 19.8 Å². The van der Waals surface area contributed by atoms with E-state index in [-0.39, 0.29) is 27.6 Å². The summed E-state index contributed by atoms with van der Waals surface area (Å²) < 4.78 is 59.5. The number of hydrogen-bond donors (Lipinski definition) is 2. The molecule has 0 fully saturated rings. The van der Waals surface area contributed by atoms with Crippen molar-refractivity contribution >= 4 is 49.0 Å². The Labute approximate surface area is 268 Å². The van der Waals surface area contributed by atoms with Crippen LogP contribution in [0.1, 0.15) is 40.8 Å². The molecule has 0 bridgehead atoms. The predicted octanol–water partition coefficient (Wildman–Crippen LogP) is 6.87. The molecule has 3 atom stereocenters. The van der Waals surface area contributed by atoms with Crippen molar-refractivity contribution in [3.8, 4) is 0 Å². The molecule has 2 N–H and O–H groups in total. The molecule has 0 aromatic heterocycles. The predicted molar refractivity (Wildman–Crippen MR) is 173 cm³/mol. The molecular formula is C33H30Cl2N2O5S2. The quantitative estimate of drug-likeness (QED) is 0.192. The lowest BCUT2D eigenvalue weighted by atomic mass is 9.88. The number of carbonyl (C=O) groups is 1. The standard InChI is InChI=1S/C33H30Cl2N2O5S2/c1-21-3-15-27(16-4-21)43(39,40)36-31(23-7-11-25(34)12-8-23)29-19-20-30(33(29)38)32(24-9-13-26(35)14-10-24)37-44(41,42)28-17-5-22(2)6-18-28/h3-19,30-32,36-37H,20H2,1-2H3/t30-,31+,32+/m0/s1. The van der Waals surface area contributed by atoms with Gasteiger partial charge in [-0.1, -0.05) is 88.9 Å². The lowest BCUT2D eigenvalue weighted by molar-refractivity contribution is -0.119. The van der Waals surface area contributed by atoms with Crippen LogP contribution in [0.15, 0.2) is 119 Å². The molecule has 1 aliphatic carbocycles. The maximum Gasteiger partial charge on any atom is 0.241 e. The SMILES string of the molecule is Cc1ccc(S(=O)(=O)N[C@H](c2ccc(Cl)cc2)[C@@H]2CC=C([C@H](NS(=O)(=O)c3ccc(C)cc3)c3ccc(Cl)cc3)C2=O)cc1. The molecule has 11 heteroatoms. The van der Waals surface area contributed by atoms with Gasteiger partial charge in [0.15, 0.2) is 5.78 Å². The van der Waals surface area contributed by atoms with E-state index < -0.39 is 38.0 Å². The van der Waals surface area contributed by atoms with Crippen molar-refractivity contribution in [1.82, 2.24) is 9.44 Å². The van der Waals surface area contributed by atoms with Gasteiger partial charge >= 0.3 is 0 Å². The maximum atomic E-state index is 14.2. The average molecular weight is 670 g/mol. The number of rotatable bonds is 10. The maximum absolute atomic E-state index is 14.2. The number of aryl methyl sites for hydroxylation is 2. The van der Waals surface area contributed by atoms with Gasteiger partial charge in [0.1, 0.15) is 0 Å². The van der Waals surface area contributed by atoms with Crippen LogP contribution in [0.25, 0.3) is 0 Å². The summed E-state index contributed by atoms with van der Waals surface area (Å²) in [6.45, 7) is 3.71. The van der Waals surface area contributed by atoms with E-state index >= 15 is 0 Å². The number of allylic oxidation sites excluding steroid dienone is 1. The van der Waals surface area contributed by atoms with Gasteiger partial charge in [-0.3, -0.25) is 4.79 Å². The van der Waals surface area contributed by atoms with Crippen LogP contribution >= 0.6 is 23.2 Å². The molecule has 0 unspecified atom stereocenters. The van der Waals surface area contributed by atoms with Gasteiger partial charge in [0, 0.05) is 21.5 Å². The molecular weight excluding hydrogens is 639 g/mol. The topological polar surface area (TPSA) is 109 Å². The molecule has 0 spiro atoms. The fraction of sp³-hybridized carbons (Fsp3) is 0.182. The Morgan fingerprint density at radius 1 is 0.636 bits per heavy atom. The minimum atomic E-state index is -4.06. The van der Waals surface area contributed by atoms with Gasteiger partial charge in [0.05, 0.1) is 21.9 Å². The molecule has 0 aliphatic heterocycles. The third kappa shape index (κ3) is 7.15. The van der Waals surface area contributed by atoms with E-state index in [1.54, 1.807) is 78.9 Å². The van der Waals surface area contributed by atoms with Crippen LogP contribution in [0.4, 0.5) is 0 Å². The number of Topliss-reactive ketones (excluding diaryl/α,β-unsaturated/α-hetero) is 1. The van der Waals surface area contributed by atoms with Gasteiger partial charge in [0.2, 0.25) is 20.0 Å². The highest BCUT2D eigenvalue weighted by Crippen LogP contribution is 2.39. The average Bonchev–Trinajstić information content (AvgIpc) is 3.36. The van der Waals surface area contributed by atoms with Crippen LogP contribution in [0.2, 0.25) is 10.0 Å². The highest BCUT2D eigenvalue weighted by atomic mass is 35.5. The molecule has 7 nitrogen and oxygen atoms in total. The van der Waals surface area contributed by atoms with E-state index in [4.69, 9.17) is 23.2 Å². The third-order valence-corrected chi connectivity index (χ3v) is 11.0. The van der Waals surface area contributed by atoms with Crippen LogP contribution in [-0.2, 0) is 24.8 Å². The fourth-order valence-corrected chi connectivity index (χ4v) is 7.86. The molecule has 228 valence electrons. The first-order valence-corrected chi connectivity index (χ1v) is 17.5. The number of sulfonamides is 2. The first kappa shape index (κ1) is 32.1. The Kier molecular flexibility index (Phi) is 9.46. The Bertz CT molecular complexity index is 1910. The summed E-state index contributed by atoms with van der Waals surface area (Å²) in [5, 5.41) is 0.908. The van der Waals surface area contributed by atoms with E-state index in [9.17, 15) is 21.6 Å². The number of ketones is 1. The first-order chi connectivity index (χ1) is 20.8. The second kappa shape index (κ2) is 13.0. The van der Waals surface area contributed by atoms with Crippen molar-refractivity contribution in [2.45, 2.75) is 42.1 Å². The second-order valence-electron chi connectivity index (χ2n) is 10.7. The van der Waals surface area contributed by atoms with Gasteiger partial charge in [0.25, 0.3) is 0 Å². The number of hydrogen-bond acceptors (Lipinski definition) is 5. The normalized spacial score (nSPS) is 16.9. The fourth-order valence-electron chi connectivity index (χ4n) is 5.14. The molecule has 0 radical (unpaired) electrons. The molecule has 5 rings (SSSR count). The smallest absolute Gasteiger partial charge is 0.241 e. The van der Waals surface area contributed by atoms with Gasteiger partial charge in [-0.25, -0.2) is 21.6 Å². The van der Waals surface area contributed by atoms with Crippen LogP contribution in [-0.4, -0.2) is 22.6 Å². The zero-order chi connectivity index (χ0) is 31.6. The van der Waals surface area contributed by atoms with Gasteiger partial charge in [-0.15, -0.1) is 0 Å². The van der Waals surface area contributed by atoms with Gasteiger partial charge < -0.3 is 0 Å². The Balaban J connectivity index is 1.51. The zero-order valence-electron chi connectivity index (χ0n) is 23.9. The molecule has 0 heterocycles. The monoisotopic (exact) mass is 668 g/mol. The molecule has 44 heavy (non-hydrogen) atoms. The molecule has 4 aromatic rings. The lowest BCUT2D eigenvalue weighted by Gasteiger charge is -2.26. The van der Waals surface area contributed by atoms with Crippen molar-refractivity contribution in [1.29, 1.82) is 0 Å². The second-order valence-corrected chi connectivity index (χ2v) is 15.0. The largest absolute Gasteiger partial charge is 0.294 e. The summed E-state index contributed by atoms with van der Waals surface area (Å²) in [6, 6.07) is 23.9. The van der Waals surface area contributed by atoms with Crippen molar-refractivity contribution in [3.63, 3.8) is 0 Å². The molecule has 0 saturated heterocycles. The summed E-state index contributed by atoms with van der Waals surface area (Å²) in [4.78, 5) is 14.3. The van der Waals surface area contributed by atoms with Gasteiger partial charge in [-0.05, 0) is 79.9 Å². The minimum Gasteiger partial charge on any atom is -0.294 e. The molecule has 4 aromatic carbocycles. The van der Waals surface area contributed by atoms with E-state index in [0.29, 0.717) is 21.2 Å². The Morgan fingerprint density at radius 3 is 1.55 bits per heavy atom.